The summed E-state index contributed by atoms with van der Waals surface area (Å²) in [6, 6.07) is 10.6. The van der Waals surface area contributed by atoms with E-state index in [4.69, 9.17) is 5.10 Å². The van der Waals surface area contributed by atoms with Gasteiger partial charge in [0, 0.05) is 5.69 Å². The van der Waals surface area contributed by atoms with E-state index in [0.29, 0.717) is 0 Å². The lowest BCUT2D eigenvalue weighted by molar-refractivity contribution is 0.713. The van der Waals surface area contributed by atoms with Gasteiger partial charge in [-0.25, -0.2) is 4.68 Å². The van der Waals surface area contributed by atoms with Gasteiger partial charge in [-0.15, -0.1) is 0 Å². The second-order valence-electron chi connectivity index (χ2n) is 6.08. The van der Waals surface area contributed by atoms with Crippen molar-refractivity contribution in [1.29, 1.82) is 0 Å². The molecule has 0 radical (unpaired) electrons. The minimum absolute atomic E-state index is 1.12. The lowest BCUT2D eigenvalue weighted by Gasteiger charge is -2.09. The standard InChI is InChI=1S/C20H30N2/c1-4-7-15-19-18(12-6-3)20(16-8-5-2)22(21-19)17-13-10-9-11-14-17/h9-11,13-14H,4-8,12,15-16H2,1-3H3. The van der Waals surface area contributed by atoms with Gasteiger partial charge in [0.15, 0.2) is 0 Å². The maximum atomic E-state index is 5.01. The van der Waals surface area contributed by atoms with Crippen molar-refractivity contribution in [1.82, 2.24) is 9.78 Å². The quantitative estimate of drug-likeness (QED) is 0.597. The van der Waals surface area contributed by atoms with Crippen molar-refractivity contribution >= 4 is 0 Å². The second kappa shape index (κ2) is 8.77. The van der Waals surface area contributed by atoms with Crippen molar-refractivity contribution in [2.24, 2.45) is 0 Å². The first-order chi connectivity index (χ1) is 10.8. The largest absolute Gasteiger partial charge is 0.237 e. The fraction of sp³-hybridized carbons (Fsp3) is 0.550. The van der Waals surface area contributed by atoms with E-state index in [9.17, 15) is 0 Å². The smallest absolute Gasteiger partial charge is 0.0663 e. The molecule has 0 aliphatic rings. The van der Waals surface area contributed by atoms with Crippen LogP contribution in [0.1, 0.15) is 69.8 Å². The molecule has 2 rings (SSSR count). The summed E-state index contributed by atoms with van der Waals surface area (Å²) in [5.74, 6) is 0. The summed E-state index contributed by atoms with van der Waals surface area (Å²) in [5, 5.41) is 5.01. The summed E-state index contributed by atoms with van der Waals surface area (Å²) in [6.45, 7) is 6.79. The fourth-order valence-electron chi connectivity index (χ4n) is 3.00. The third kappa shape index (κ3) is 4.00. The first-order valence-electron chi connectivity index (χ1n) is 8.96. The number of benzene rings is 1. The van der Waals surface area contributed by atoms with Crippen LogP contribution in [0.5, 0.6) is 0 Å². The van der Waals surface area contributed by atoms with Crippen molar-refractivity contribution in [2.75, 3.05) is 0 Å². The van der Waals surface area contributed by atoms with Crippen molar-refractivity contribution in [2.45, 2.75) is 72.1 Å². The van der Waals surface area contributed by atoms with Crippen LogP contribution in [0, 0.1) is 0 Å². The number of nitrogens with zero attached hydrogens (tertiary/aromatic N) is 2. The molecule has 1 aromatic heterocycles. The molecular weight excluding hydrogens is 268 g/mol. The summed E-state index contributed by atoms with van der Waals surface area (Å²) >= 11 is 0. The Morgan fingerprint density at radius 2 is 1.50 bits per heavy atom. The molecule has 0 spiro atoms. The molecule has 0 aliphatic carbocycles. The van der Waals surface area contributed by atoms with Crippen LogP contribution < -0.4 is 0 Å². The minimum Gasteiger partial charge on any atom is -0.237 e. The van der Waals surface area contributed by atoms with Gasteiger partial charge < -0.3 is 0 Å². The topological polar surface area (TPSA) is 17.8 Å². The lowest BCUT2D eigenvalue weighted by atomic mass is 10.0. The lowest BCUT2D eigenvalue weighted by Crippen LogP contribution is -2.04. The highest BCUT2D eigenvalue weighted by Crippen LogP contribution is 2.24. The number of aryl methyl sites for hydroxylation is 1. The first-order valence-corrected chi connectivity index (χ1v) is 8.96. The summed E-state index contributed by atoms with van der Waals surface area (Å²) in [5.41, 5.74) is 5.50. The number of aromatic nitrogens is 2. The number of hydrogen-bond donors (Lipinski definition) is 0. The van der Waals surface area contributed by atoms with Gasteiger partial charge in [0.05, 0.1) is 11.4 Å². The van der Waals surface area contributed by atoms with Crippen molar-refractivity contribution in [3.8, 4) is 5.69 Å². The molecule has 2 nitrogen and oxygen atoms in total. The van der Waals surface area contributed by atoms with Gasteiger partial charge >= 0.3 is 0 Å². The van der Waals surface area contributed by atoms with Gasteiger partial charge in [-0.2, -0.15) is 5.10 Å². The predicted molar refractivity (Wildman–Crippen MR) is 94.8 cm³/mol. The molecule has 0 unspecified atom stereocenters. The molecule has 2 aromatic rings. The Morgan fingerprint density at radius 3 is 2.14 bits per heavy atom. The van der Waals surface area contributed by atoms with Crippen LogP contribution in [0.4, 0.5) is 0 Å². The average Bonchev–Trinajstić information content (AvgIpc) is 2.90. The Kier molecular flexibility index (Phi) is 6.70. The Bertz CT molecular complexity index is 555. The van der Waals surface area contributed by atoms with Gasteiger partial charge in [-0.05, 0) is 49.8 Å². The van der Waals surface area contributed by atoms with Gasteiger partial charge in [-0.3, -0.25) is 0 Å². The minimum atomic E-state index is 1.12. The van der Waals surface area contributed by atoms with E-state index in [0.717, 1.165) is 19.3 Å². The third-order valence-corrected chi connectivity index (χ3v) is 4.21. The molecule has 0 bridgehead atoms. The molecule has 0 fully saturated rings. The zero-order valence-corrected chi connectivity index (χ0v) is 14.4. The molecule has 1 aromatic carbocycles. The molecule has 2 heteroatoms. The van der Waals surface area contributed by atoms with Crippen molar-refractivity contribution in [3.05, 3.63) is 47.3 Å². The molecule has 120 valence electrons. The molecule has 0 aliphatic heterocycles. The number of rotatable bonds is 9. The van der Waals surface area contributed by atoms with Gasteiger partial charge in [0.1, 0.15) is 0 Å². The Hall–Kier alpha value is -1.57. The molecular formula is C20H30N2. The van der Waals surface area contributed by atoms with Crippen LogP contribution in [0.2, 0.25) is 0 Å². The summed E-state index contributed by atoms with van der Waals surface area (Å²) in [6.07, 6.45) is 9.54. The van der Waals surface area contributed by atoms with E-state index in [1.54, 1.807) is 0 Å². The zero-order valence-electron chi connectivity index (χ0n) is 14.4. The number of hydrogen-bond acceptors (Lipinski definition) is 1. The normalized spacial score (nSPS) is 11.0. The van der Waals surface area contributed by atoms with Gasteiger partial charge in [-0.1, -0.05) is 58.2 Å². The monoisotopic (exact) mass is 298 g/mol. The van der Waals surface area contributed by atoms with Gasteiger partial charge in [0.25, 0.3) is 0 Å². The highest BCUT2D eigenvalue weighted by molar-refractivity contribution is 5.38. The SMILES string of the molecule is CCCCc1nn(-c2ccccc2)c(CCCC)c1CCC. The molecule has 0 atom stereocenters. The molecule has 0 amide bonds. The Morgan fingerprint density at radius 1 is 0.818 bits per heavy atom. The Labute approximate surface area is 135 Å². The van der Waals surface area contributed by atoms with Crippen molar-refractivity contribution in [3.63, 3.8) is 0 Å². The van der Waals surface area contributed by atoms with Crippen LogP contribution in [-0.2, 0) is 19.3 Å². The van der Waals surface area contributed by atoms with Crippen LogP contribution in [-0.4, -0.2) is 9.78 Å². The zero-order chi connectivity index (χ0) is 15.8. The third-order valence-electron chi connectivity index (χ3n) is 4.21. The number of para-hydroxylation sites is 1. The van der Waals surface area contributed by atoms with Crippen LogP contribution in [0.3, 0.4) is 0 Å². The van der Waals surface area contributed by atoms with E-state index < -0.39 is 0 Å². The van der Waals surface area contributed by atoms with Gasteiger partial charge in [0.2, 0.25) is 0 Å². The van der Waals surface area contributed by atoms with Crippen LogP contribution >= 0.6 is 0 Å². The maximum Gasteiger partial charge on any atom is 0.0663 e. The second-order valence-corrected chi connectivity index (χ2v) is 6.08. The molecule has 0 saturated heterocycles. The summed E-state index contributed by atoms with van der Waals surface area (Å²) < 4.78 is 2.21. The van der Waals surface area contributed by atoms with E-state index in [-0.39, 0.29) is 0 Å². The van der Waals surface area contributed by atoms with E-state index >= 15 is 0 Å². The maximum absolute atomic E-state index is 5.01. The average molecular weight is 298 g/mol. The first kappa shape index (κ1) is 16.8. The van der Waals surface area contributed by atoms with E-state index in [1.807, 2.05) is 0 Å². The van der Waals surface area contributed by atoms with Crippen LogP contribution in [0.25, 0.3) is 5.69 Å². The molecule has 1 heterocycles. The molecule has 0 N–H and O–H groups in total. The van der Waals surface area contributed by atoms with E-state index in [1.165, 1.54) is 54.7 Å². The summed E-state index contributed by atoms with van der Waals surface area (Å²) in [4.78, 5) is 0. The van der Waals surface area contributed by atoms with E-state index in [2.05, 4.69) is 55.8 Å². The highest BCUT2D eigenvalue weighted by Gasteiger charge is 2.17. The number of unbranched alkanes of at least 4 members (excludes halogenated alkanes) is 2. The fourth-order valence-corrected chi connectivity index (χ4v) is 3.00. The highest BCUT2D eigenvalue weighted by atomic mass is 15.3. The Balaban J connectivity index is 2.45. The van der Waals surface area contributed by atoms with Crippen molar-refractivity contribution < 1.29 is 0 Å². The molecule has 0 saturated carbocycles. The predicted octanol–water partition coefficient (Wildman–Crippen LogP) is 5.51. The summed E-state index contributed by atoms with van der Waals surface area (Å²) in [7, 11) is 0. The van der Waals surface area contributed by atoms with Crippen LogP contribution in [0.15, 0.2) is 30.3 Å². The molecule has 22 heavy (non-hydrogen) atoms.